The summed E-state index contributed by atoms with van der Waals surface area (Å²) in [5, 5.41) is 11.7. The fourth-order valence-corrected chi connectivity index (χ4v) is 8.53. The maximum atomic E-state index is 13.3. The van der Waals surface area contributed by atoms with Crippen molar-refractivity contribution in [3.8, 4) is 27.7 Å². The molecule has 1 atom stereocenters. The van der Waals surface area contributed by atoms with Crippen LogP contribution in [0.5, 0.6) is 17.2 Å². The highest BCUT2D eigenvalue weighted by atomic mass is 79.9. The molecule has 0 radical (unpaired) electrons. The number of carbonyl (C=O) groups excluding carboxylic acids is 4. The first-order valence-corrected chi connectivity index (χ1v) is 19.9. The van der Waals surface area contributed by atoms with Gasteiger partial charge in [-0.15, -0.1) is 11.3 Å². The highest BCUT2D eigenvalue weighted by molar-refractivity contribution is 9.10. The number of unbranched alkanes of at least 4 members (excludes halogenated alkanes) is 2. The van der Waals surface area contributed by atoms with Crippen molar-refractivity contribution in [3.63, 3.8) is 0 Å². The van der Waals surface area contributed by atoms with Crippen LogP contribution in [0.1, 0.15) is 63.3 Å². The van der Waals surface area contributed by atoms with Crippen molar-refractivity contribution in [1.82, 2.24) is 15.1 Å². The second-order valence-electron chi connectivity index (χ2n) is 13.6. The minimum atomic E-state index is -0.969. The molecule has 1 unspecified atom stereocenters. The number of aliphatic hydroxyl groups excluding tert-OH is 1. The van der Waals surface area contributed by atoms with Gasteiger partial charge in [-0.3, -0.25) is 34.3 Å². The number of piperidine rings is 1. The molecule has 4 amide bonds. The number of aliphatic hydroxyl groups is 1. The first kappa shape index (κ1) is 38.1. The number of ether oxygens (including phenoxy) is 2. The summed E-state index contributed by atoms with van der Waals surface area (Å²) in [6.45, 7) is 8.97. The molecule has 13 heteroatoms. The van der Waals surface area contributed by atoms with Gasteiger partial charge < -0.3 is 19.5 Å². The summed E-state index contributed by atoms with van der Waals surface area (Å²) in [5.41, 5.74) is 3.29. The molecule has 2 N–H and O–H groups in total. The Labute approximate surface area is 332 Å². The lowest BCUT2D eigenvalue weighted by atomic mass is 10.0. The molecule has 4 aromatic rings. The summed E-state index contributed by atoms with van der Waals surface area (Å²) in [5.74, 6) is 0.151. The normalized spacial score (nSPS) is 17.5. The lowest BCUT2D eigenvalue weighted by Gasteiger charge is -2.36. The number of nitrogens with zero attached hydrogens (tertiary/aromatic N) is 3. The Morgan fingerprint density at radius 3 is 2.33 bits per heavy atom. The second kappa shape index (κ2) is 17.1. The van der Waals surface area contributed by atoms with E-state index in [-0.39, 0.29) is 12.8 Å². The highest BCUT2D eigenvalue weighted by Crippen LogP contribution is 2.46. The lowest BCUT2D eigenvalue weighted by molar-refractivity contribution is -0.136. The van der Waals surface area contributed by atoms with Gasteiger partial charge >= 0.3 is 0 Å². The number of rotatable bonds is 14. The summed E-state index contributed by atoms with van der Waals surface area (Å²) in [6.07, 6.45) is 7.68. The molecular formula is C42H41BrN4O7S. The van der Waals surface area contributed by atoms with Crippen molar-refractivity contribution >= 4 is 68.7 Å². The largest absolute Gasteiger partial charge is 0.516 e. The minimum absolute atomic E-state index is 0.0933. The van der Waals surface area contributed by atoms with Crippen molar-refractivity contribution in [2.75, 3.05) is 44.2 Å². The van der Waals surface area contributed by atoms with Crippen molar-refractivity contribution in [3.05, 3.63) is 106 Å². The van der Waals surface area contributed by atoms with Gasteiger partial charge in [-0.1, -0.05) is 40.7 Å². The molecule has 1 aromatic heterocycles. The molecule has 2 saturated heterocycles. The Hall–Kier alpha value is -5.24. The first-order chi connectivity index (χ1) is 26.7. The van der Waals surface area contributed by atoms with Crippen LogP contribution >= 0.6 is 27.3 Å². The third kappa shape index (κ3) is 8.38. The van der Waals surface area contributed by atoms with Crippen molar-refractivity contribution in [2.45, 2.75) is 38.1 Å². The zero-order chi connectivity index (χ0) is 38.5. The zero-order valence-electron chi connectivity index (χ0n) is 30.2. The van der Waals surface area contributed by atoms with E-state index < -0.39 is 29.7 Å². The standard InChI is InChI=1S/C42H41BrN4O7S/c1-2-32-36(18-24-48)55-39(27-6-8-28(43)9-7-27)38(32)54-31-13-11-30(12-14-31)53-25-5-3-4-19-45-20-22-46(23-21-45)29-10-15-33-34(26-29)42(52)47(41(33)51)35-16-17-37(49)44-40(35)50/h2,6-15,18,24,26,35,48H,1,3-5,16-17,19-23,25H2,(H,44,49,50)/b24-18+. The third-order valence-electron chi connectivity index (χ3n) is 10.1. The quantitative estimate of drug-likeness (QED) is 0.0741. The molecule has 55 heavy (non-hydrogen) atoms. The van der Waals surface area contributed by atoms with E-state index in [2.05, 4.69) is 37.6 Å². The molecule has 11 nitrogen and oxygen atoms in total. The number of anilines is 1. The summed E-state index contributed by atoms with van der Waals surface area (Å²) in [7, 11) is 0. The van der Waals surface area contributed by atoms with E-state index in [0.29, 0.717) is 29.2 Å². The van der Waals surface area contributed by atoms with Crippen molar-refractivity contribution in [2.24, 2.45) is 0 Å². The van der Waals surface area contributed by atoms with Gasteiger partial charge in [-0.25, -0.2) is 0 Å². The average Bonchev–Trinajstić information content (AvgIpc) is 3.66. The number of nitrogens with one attached hydrogen (secondary N) is 1. The smallest absolute Gasteiger partial charge is 0.262 e. The number of halogens is 1. The Kier molecular flexibility index (Phi) is 11.8. The maximum Gasteiger partial charge on any atom is 0.262 e. The third-order valence-corrected chi connectivity index (χ3v) is 11.8. The van der Waals surface area contributed by atoms with Crippen LogP contribution in [0.15, 0.2) is 84.0 Å². The molecule has 0 aliphatic carbocycles. The van der Waals surface area contributed by atoms with Crippen LogP contribution in [-0.4, -0.2) is 83.9 Å². The predicted molar refractivity (Wildman–Crippen MR) is 217 cm³/mol. The zero-order valence-corrected chi connectivity index (χ0v) is 32.6. The van der Waals surface area contributed by atoms with E-state index in [1.165, 1.54) is 11.3 Å². The monoisotopic (exact) mass is 824 g/mol. The van der Waals surface area contributed by atoms with Gasteiger partial charge in [0.15, 0.2) is 5.75 Å². The Morgan fingerprint density at radius 2 is 1.62 bits per heavy atom. The number of carbonyl (C=O) groups is 4. The van der Waals surface area contributed by atoms with Crippen LogP contribution in [0.4, 0.5) is 5.69 Å². The lowest BCUT2D eigenvalue weighted by Crippen LogP contribution is -2.54. The molecule has 0 bridgehead atoms. The van der Waals surface area contributed by atoms with Crippen molar-refractivity contribution < 1.29 is 33.8 Å². The highest BCUT2D eigenvalue weighted by Gasteiger charge is 2.44. The van der Waals surface area contributed by atoms with Gasteiger partial charge in [0.1, 0.15) is 17.5 Å². The summed E-state index contributed by atoms with van der Waals surface area (Å²) in [4.78, 5) is 57.7. The topological polar surface area (TPSA) is 129 Å². The van der Waals surface area contributed by atoms with Crippen LogP contribution in [0.25, 0.3) is 22.6 Å². The Balaban J connectivity index is 0.841. The van der Waals surface area contributed by atoms with Crippen molar-refractivity contribution in [1.29, 1.82) is 0 Å². The Morgan fingerprint density at radius 1 is 0.891 bits per heavy atom. The summed E-state index contributed by atoms with van der Waals surface area (Å²) in [6, 6.07) is 19.9. The van der Waals surface area contributed by atoms with Crippen LogP contribution in [0, 0.1) is 0 Å². The molecular weight excluding hydrogens is 784 g/mol. The molecule has 3 aromatic carbocycles. The van der Waals surface area contributed by atoms with Crippen LogP contribution < -0.4 is 19.7 Å². The molecule has 284 valence electrons. The number of imide groups is 2. The van der Waals surface area contributed by atoms with E-state index in [0.717, 1.165) is 99.9 Å². The Bertz CT molecular complexity index is 2120. The molecule has 3 aliphatic rings. The molecule has 3 aliphatic heterocycles. The number of thiophene rings is 1. The number of piperazine rings is 1. The van der Waals surface area contributed by atoms with Gasteiger partial charge in [-0.05, 0) is 98.5 Å². The number of fused-ring (bicyclic) bond motifs is 1. The number of hydrogen-bond donors (Lipinski definition) is 2. The SMILES string of the molecule is C=Cc1c(/C=C/O)sc(-c2ccc(Br)cc2)c1Oc1ccc(OCCCCCN2CCN(c3ccc4c(c3)C(=O)N(C3CCC(=O)NC3=O)C4=O)CC2)cc1. The van der Waals surface area contributed by atoms with Gasteiger partial charge in [0.25, 0.3) is 11.8 Å². The van der Waals surface area contributed by atoms with E-state index in [4.69, 9.17) is 9.47 Å². The van der Waals surface area contributed by atoms with Crippen LogP contribution in [0.3, 0.4) is 0 Å². The first-order valence-electron chi connectivity index (χ1n) is 18.3. The average molecular weight is 826 g/mol. The van der Waals surface area contributed by atoms with Gasteiger partial charge in [-0.2, -0.15) is 0 Å². The van der Waals surface area contributed by atoms with E-state index >= 15 is 0 Å². The molecule has 2 fully saturated rings. The van der Waals surface area contributed by atoms with E-state index in [1.807, 2.05) is 54.6 Å². The number of hydrogen-bond acceptors (Lipinski definition) is 10. The molecule has 0 spiro atoms. The fraction of sp³-hybridized carbons (Fsp3) is 0.286. The van der Waals surface area contributed by atoms with E-state index in [1.54, 1.807) is 24.3 Å². The maximum absolute atomic E-state index is 13.3. The fourth-order valence-electron chi connectivity index (χ4n) is 7.13. The van der Waals surface area contributed by atoms with Crippen LogP contribution in [-0.2, 0) is 9.59 Å². The number of benzene rings is 3. The van der Waals surface area contributed by atoms with Crippen LogP contribution in [0.2, 0.25) is 0 Å². The minimum Gasteiger partial charge on any atom is -0.516 e. The van der Waals surface area contributed by atoms with E-state index in [9.17, 15) is 24.3 Å². The van der Waals surface area contributed by atoms with Gasteiger partial charge in [0.05, 0.1) is 28.9 Å². The molecule has 4 heterocycles. The molecule has 7 rings (SSSR count). The second-order valence-corrected chi connectivity index (χ2v) is 15.5. The summed E-state index contributed by atoms with van der Waals surface area (Å²) >= 11 is 5.02. The summed E-state index contributed by atoms with van der Waals surface area (Å²) < 4.78 is 13.4. The molecule has 0 saturated carbocycles. The predicted octanol–water partition coefficient (Wildman–Crippen LogP) is 7.91. The van der Waals surface area contributed by atoms with Gasteiger partial charge in [0.2, 0.25) is 11.8 Å². The van der Waals surface area contributed by atoms with Gasteiger partial charge in [0, 0.05) is 53.2 Å². The number of amides is 4.